The lowest BCUT2D eigenvalue weighted by Gasteiger charge is -2.21. The van der Waals surface area contributed by atoms with Crippen LogP contribution >= 0.6 is 0 Å². The van der Waals surface area contributed by atoms with Crippen molar-refractivity contribution in [2.24, 2.45) is 10.8 Å². The number of nitrogens with two attached hydrogens (primary N) is 1. The molecule has 0 fully saturated rings. The van der Waals surface area contributed by atoms with Crippen LogP contribution in [0.5, 0.6) is 0 Å². The van der Waals surface area contributed by atoms with Crippen molar-refractivity contribution in [3.05, 3.63) is 66.3 Å². The molecule has 3 rings (SSSR count). The second-order valence-electron chi connectivity index (χ2n) is 5.77. The highest BCUT2D eigenvalue weighted by Gasteiger charge is 2.23. The molecule has 3 N–H and O–H groups in total. The lowest BCUT2D eigenvalue weighted by Crippen LogP contribution is -2.31. The van der Waals surface area contributed by atoms with Gasteiger partial charge in [-0.2, -0.15) is 5.10 Å². The molecule has 0 saturated heterocycles. The van der Waals surface area contributed by atoms with Crippen LogP contribution in [0, 0.1) is 0 Å². The van der Waals surface area contributed by atoms with Gasteiger partial charge in [0.05, 0.1) is 11.8 Å². The third-order valence-corrected chi connectivity index (χ3v) is 4.10. The molecule has 1 aromatic rings. The van der Waals surface area contributed by atoms with Crippen LogP contribution in [0.1, 0.15) is 12.8 Å². The Morgan fingerprint density at radius 3 is 3.00 bits per heavy atom. The fraction of sp³-hybridized carbons (Fsp3) is 0.263. The van der Waals surface area contributed by atoms with Crippen LogP contribution in [-0.2, 0) is 4.79 Å². The summed E-state index contributed by atoms with van der Waals surface area (Å²) in [4.78, 5) is 14.4. The second kappa shape index (κ2) is 7.75. The number of hydrazone groups is 1. The largest absolute Gasteiger partial charge is 0.330 e. The molecule has 0 radical (unpaired) electrons. The van der Waals surface area contributed by atoms with Crippen LogP contribution in [0.3, 0.4) is 0 Å². The highest BCUT2D eigenvalue weighted by atomic mass is 16.2. The summed E-state index contributed by atoms with van der Waals surface area (Å²) in [5, 5.41) is 4.33. The SMILES string of the molecule is NCCCN(C(=O)/C=C/C1=NNC2CC=CC=C12)c1ccccc1. The molecule has 2 aliphatic rings. The average Bonchev–Trinajstić information content (AvgIpc) is 3.04. The van der Waals surface area contributed by atoms with Crippen molar-refractivity contribution >= 4 is 17.3 Å². The molecule has 5 nitrogen and oxygen atoms in total. The number of allylic oxidation sites excluding steroid dienone is 3. The summed E-state index contributed by atoms with van der Waals surface area (Å²) >= 11 is 0. The van der Waals surface area contributed by atoms with E-state index in [4.69, 9.17) is 5.73 Å². The fourth-order valence-electron chi connectivity index (χ4n) is 2.83. The zero-order valence-corrected chi connectivity index (χ0v) is 13.6. The summed E-state index contributed by atoms with van der Waals surface area (Å²) in [5.74, 6) is -0.0623. The number of anilines is 1. The Balaban J connectivity index is 1.73. The molecule has 0 spiro atoms. The van der Waals surface area contributed by atoms with Gasteiger partial charge in [-0.25, -0.2) is 0 Å². The molecule has 5 heteroatoms. The van der Waals surface area contributed by atoms with Crippen LogP contribution in [0.4, 0.5) is 5.69 Å². The predicted octanol–water partition coefficient (Wildman–Crippen LogP) is 2.14. The number of para-hydroxylation sites is 1. The summed E-state index contributed by atoms with van der Waals surface area (Å²) in [6.45, 7) is 1.15. The lowest BCUT2D eigenvalue weighted by molar-refractivity contribution is -0.114. The molecule has 1 aliphatic carbocycles. The van der Waals surface area contributed by atoms with Crippen molar-refractivity contribution in [3.63, 3.8) is 0 Å². The fourth-order valence-corrected chi connectivity index (χ4v) is 2.83. The Morgan fingerprint density at radius 1 is 1.38 bits per heavy atom. The van der Waals surface area contributed by atoms with Crippen LogP contribution in [0.25, 0.3) is 0 Å². The number of fused-ring (bicyclic) bond motifs is 1. The van der Waals surface area contributed by atoms with Gasteiger partial charge in [-0.05, 0) is 37.6 Å². The zero-order chi connectivity index (χ0) is 16.8. The number of nitrogens with one attached hydrogen (secondary N) is 1. The van der Waals surface area contributed by atoms with E-state index in [1.54, 1.807) is 17.1 Å². The molecule has 1 heterocycles. The molecule has 24 heavy (non-hydrogen) atoms. The second-order valence-corrected chi connectivity index (χ2v) is 5.77. The van der Waals surface area contributed by atoms with E-state index in [-0.39, 0.29) is 11.9 Å². The summed E-state index contributed by atoms with van der Waals surface area (Å²) in [7, 11) is 0. The van der Waals surface area contributed by atoms with E-state index >= 15 is 0 Å². The molecule has 0 aromatic heterocycles. The van der Waals surface area contributed by atoms with Crippen LogP contribution in [0.2, 0.25) is 0 Å². The highest BCUT2D eigenvalue weighted by Crippen LogP contribution is 2.20. The lowest BCUT2D eigenvalue weighted by atomic mass is 9.96. The number of hydrogen-bond donors (Lipinski definition) is 2. The molecule has 1 aliphatic heterocycles. The Hall–Kier alpha value is -2.66. The minimum absolute atomic E-state index is 0.0623. The van der Waals surface area contributed by atoms with Crippen LogP contribution in [-0.4, -0.2) is 30.8 Å². The van der Waals surface area contributed by atoms with Crippen LogP contribution in [0.15, 0.2) is 71.4 Å². The van der Waals surface area contributed by atoms with Gasteiger partial charge in [0.25, 0.3) is 5.91 Å². The first-order valence-electron chi connectivity index (χ1n) is 8.24. The van der Waals surface area contributed by atoms with Crippen molar-refractivity contribution in [2.75, 3.05) is 18.0 Å². The smallest absolute Gasteiger partial charge is 0.251 e. The molecule has 1 unspecified atom stereocenters. The van der Waals surface area contributed by atoms with E-state index in [2.05, 4.69) is 16.6 Å². The first kappa shape index (κ1) is 16.2. The molecule has 0 saturated carbocycles. The van der Waals surface area contributed by atoms with Crippen molar-refractivity contribution in [2.45, 2.75) is 18.9 Å². The highest BCUT2D eigenvalue weighted by molar-refractivity contribution is 6.14. The zero-order valence-electron chi connectivity index (χ0n) is 13.6. The summed E-state index contributed by atoms with van der Waals surface area (Å²) < 4.78 is 0. The van der Waals surface area contributed by atoms with E-state index in [1.807, 2.05) is 42.5 Å². The third kappa shape index (κ3) is 3.63. The maximum absolute atomic E-state index is 12.7. The number of carbonyl (C=O) groups excluding carboxylic acids is 1. The number of hydrogen-bond acceptors (Lipinski definition) is 4. The maximum Gasteiger partial charge on any atom is 0.251 e. The van der Waals surface area contributed by atoms with Gasteiger partial charge in [-0.1, -0.05) is 36.4 Å². The predicted molar refractivity (Wildman–Crippen MR) is 97.8 cm³/mol. The average molecular weight is 322 g/mol. The molecular weight excluding hydrogens is 300 g/mol. The normalized spacial score (nSPS) is 18.8. The van der Waals surface area contributed by atoms with E-state index < -0.39 is 0 Å². The Bertz CT molecular complexity index is 703. The summed E-state index contributed by atoms with van der Waals surface area (Å²) in [6, 6.07) is 9.88. The van der Waals surface area contributed by atoms with Gasteiger partial charge in [0.15, 0.2) is 0 Å². The molecule has 1 amide bonds. The van der Waals surface area contributed by atoms with Gasteiger partial charge in [-0.3, -0.25) is 4.79 Å². The molecule has 1 atom stereocenters. The van der Waals surface area contributed by atoms with E-state index in [0.717, 1.165) is 29.8 Å². The maximum atomic E-state index is 12.7. The van der Waals surface area contributed by atoms with Crippen molar-refractivity contribution in [1.82, 2.24) is 5.43 Å². The standard InChI is InChI=1S/C19H22N4O/c20-13-6-14-23(15-7-2-1-3-8-15)19(24)12-11-18-16-9-4-5-10-17(16)21-22-18/h1-5,7-9,11-12,17,21H,6,10,13-14,20H2/b12-11+. The van der Waals surface area contributed by atoms with E-state index in [9.17, 15) is 4.79 Å². The number of amides is 1. The number of carbonyl (C=O) groups is 1. The first-order valence-corrected chi connectivity index (χ1v) is 8.24. The van der Waals surface area contributed by atoms with E-state index in [1.165, 1.54) is 0 Å². The minimum Gasteiger partial charge on any atom is -0.330 e. The van der Waals surface area contributed by atoms with Gasteiger partial charge < -0.3 is 16.1 Å². The molecule has 1 aromatic carbocycles. The topological polar surface area (TPSA) is 70.7 Å². The summed E-state index contributed by atoms with van der Waals surface area (Å²) in [5.41, 5.74) is 11.5. The Kier molecular flexibility index (Phi) is 5.23. The van der Waals surface area contributed by atoms with Gasteiger partial charge >= 0.3 is 0 Å². The van der Waals surface area contributed by atoms with Gasteiger partial charge in [0, 0.05) is 23.9 Å². The quantitative estimate of drug-likeness (QED) is 0.788. The number of rotatable bonds is 6. The summed E-state index contributed by atoms with van der Waals surface area (Å²) in [6.07, 6.45) is 11.2. The first-order chi connectivity index (χ1) is 11.8. The van der Waals surface area contributed by atoms with Gasteiger partial charge in [0.2, 0.25) is 0 Å². The third-order valence-electron chi connectivity index (χ3n) is 4.10. The van der Waals surface area contributed by atoms with Crippen LogP contribution < -0.4 is 16.1 Å². The molecule has 124 valence electrons. The number of benzene rings is 1. The van der Waals surface area contributed by atoms with Gasteiger partial charge in [-0.15, -0.1) is 0 Å². The van der Waals surface area contributed by atoms with Crippen molar-refractivity contribution in [3.8, 4) is 0 Å². The Labute approximate surface area is 142 Å². The number of nitrogens with zero attached hydrogens (tertiary/aromatic N) is 2. The van der Waals surface area contributed by atoms with Gasteiger partial charge in [0.1, 0.15) is 0 Å². The monoisotopic (exact) mass is 322 g/mol. The van der Waals surface area contributed by atoms with E-state index in [0.29, 0.717) is 13.1 Å². The van der Waals surface area contributed by atoms with Crippen molar-refractivity contribution in [1.29, 1.82) is 0 Å². The molecule has 0 bridgehead atoms. The Morgan fingerprint density at radius 2 is 2.21 bits per heavy atom. The molecular formula is C19H22N4O. The van der Waals surface area contributed by atoms with Crippen molar-refractivity contribution < 1.29 is 4.79 Å². The minimum atomic E-state index is -0.0623.